The summed E-state index contributed by atoms with van der Waals surface area (Å²) >= 11 is 0. The maximum Gasteiger partial charge on any atom is 0.246 e. The lowest BCUT2D eigenvalue weighted by Crippen LogP contribution is -2.48. The molecule has 0 spiro atoms. The van der Waals surface area contributed by atoms with Gasteiger partial charge in [0.1, 0.15) is 10.7 Å². The molecular weight excluding hydrogens is 379 g/mol. The zero-order chi connectivity index (χ0) is 17.3. The van der Waals surface area contributed by atoms with E-state index in [-0.39, 0.29) is 25.0 Å². The van der Waals surface area contributed by atoms with Crippen LogP contribution >= 0.6 is 12.4 Å². The normalized spacial score (nSPS) is 18.6. The highest BCUT2D eigenvalue weighted by Crippen LogP contribution is 2.30. The standard InChI is InChI=1S/C15H14F3N3O2S.ClH/c16-11-6-13(18)15(7-12(11)17)24(22,23)21-5-4-20-9-14(21)10-2-1-3-19-8-10;/h1-3,6-8,14,20H,4-5,9H2;1H. The molecule has 1 N–H and O–H groups in total. The highest BCUT2D eigenvalue weighted by atomic mass is 35.5. The summed E-state index contributed by atoms with van der Waals surface area (Å²) in [5.41, 5.74) is 0.622. The number of hydrogen-bond donors (Lipinski definition) is 1. The van der Waals surface area contributed by atoms with E-state index < -0.39 is 38.4 Å². The highest BCUT2D eigenvalue weighted by molar-refractivity contribution is 7.89. The molecule has 1 aromatic heterocycles. The first-order chi connectivity index (χ1) is 11.4. The first kappa shape index (κ1) is 19.6. The first-order valence-electron chi connectivity index (χ1n) is 7.18. The maximum absolute atomic E-state index is 14.0. The van der Waals surface area contributed by atoms with E-state index in [1.807, 2.05) is 0 Å². The predicted molar refractivity (Wildman–Crippen MR) is 87.3 cm³/mol. The molecule has 1 fully saturated rings. The number of sulfonamides is 1. The summed E-state index contributed by atoms with van der Waals surface area (Å²) in [6, 6.07) is 3.36. The lowest BCUT2D eigenvalue weighted by atomic mass is 10.1. The molecule has 0 bridgehead atoms. The quantitative estimate of drug-likeness (QED) is 0.812. The van der Waals surface area contributed by atoms with E-state index >= 15 is 0 Å². The Balaban J connectivity index is 0.00000225. The van der Waals surface area contributed by atoms with E-state index in [0.717, 1.165) is 4.31 Å². The molecule has 136 valence electrons. The minimum Gasteiger partial charge on any atom is -0.313 e. The van der Waals surface area contributed by atoms with Gasteiger partial charge in [0.2, 0.25) is 10.0 Å². The number of hydrogen-bond acceptors (Lipinski definition) is 4. The van der Waals surface area contributed by atoms with Gasteiger partial charge in [-0.3, -0.25) is 4.98 Å². The zero-order valence-corrected chi connectivity index (χ0v) is 14.5. The number of nitrogens with one attached hydrogen (secondary N) is 1. The SMILES string of the molecule is Cl.O=S(=O)(c1cc(F)c(F)cc1F)N1CCNCC1c1cccnc1. The number of aromatic nitrogens is 1. The molecule has 2 aromatic rings. The number of halogens is 4. The Morgan fingerprint density at radius 2 is 1.88 bits per heavy atom. The molecule has 0 radical (unpaired) electrons. The Labute approximate surface area is 149 Å². The second-order valence-corrected chi connectivity index (χ2v) is 7.18. The number of pyridine rings is 1. The monoisotopic (exact) mass is 393 g/mol. The van der Waals surface area contributed by atoms with Gasteiger partial charge in [0.15, 0.2) is 11.6 Å². The van der Waals surface area contributed by atoms with Crippen LogP contribution in [0.5, 0.6) is 0 Å². The Kier molecular flexibility index (Phi) is 6.04. The Morgan fingerprint density at radius 3 is 2.56 bits per heavy atom. The summed E-state index contributed by atoms with van der Waals surface area (Å²) < 4.78 is 67.2. The van der Waals surface area contributed by atoms with Gasteiger partial charge in [0.05, 0.1) is 6.04 Å². The van der Waals surface area contributed by atoms with Crippen LogP contribution in [0.25, 0.3) is 0 Å². The topological polar surface area (TPSA) is 62.3 Å². The van der Waals surface area contributed by atoms with Crippen LogP contribution in [0.4, 0.5) is 13.2 Å². The van der Waals surface area contributed by atoms with Gasteiger partial charge in [0, 0.05) is 38.1 Å². The van der Waals surface area contributed by atoms with Gasteiger partial charge in [-0.25, -0.2) is 21.6 Å². The van der Waals surface area contributed by atoms with Crippen molar-refractivity contribution in [1.29, 1.82) is 0 Å². The molecular formula is C15H15ClF3N3O2S. The molecule has 5 nitrogen and oxygen atoms in total. The van der Waals surface area contributed by atoms with Crippen LogP contribution in [0, 0.1) is 17.5 Å². The van der Waals surface area contributed by atoms with Crippen LogP contribution in [-0.4, -0.2) is 37.3 Å². The second-order valence-electron chi connectivity index (χ2n) is 5.32. The van der Waals surface area contributed by atoms with Crippen LogP contribution in [-0.2, 0) is 10.0 Å². The molecule has 1 aliphatic rings. The molecule has 1 aromatic carbocycles. The number of piperazine rings is 1. The molecule has 1 unspecified atom stereocenters. The van der Waals surface area contributed by atoms with Gasteiger partial charge in [-0.05, 0) is 17.7 Å². The second kappa shape index (κ2) is 7.69. The molecule has 2 heterocycles. The van der Waals surface area contributed by atoms with E-state index in [1.165, 1.54) is 6.20 Å². The molecule has 0 aliphatic carbocycles. The molecule has 0 saturated carbocycles. The van der Waals surface area contributed by atoms with Crippen molar-refractivity contribution < 1.29 is 21.6 Å². The van der Waals surface area contributed by atoms with Gasteiger partial charge in [-0.1, -0.05) is 6.07 Å². The van der Waals surface area contributed by atoms with E-state index in [1.54, 1.807) is 18.3 Å². The largest absolute Gasteiger partial charge is 0.313 e. The summed E-state index contributed by atoms with van der Waals surface area (Å²) in [5, 5.41) is 3.06. The zero-order valence-electron chi connectivity index (χ0n) is 12.8. The smallest absolute Gasteiger partial charge is 0.246 e. The van der Waals surface area contributed by atoms with E-state index in [9.17, 15) is 21.6 Å². The maximum atomic E-state index is 14.0. The van der Waals surface area contributed by atoms with Crippen molar-refractivity contribution in [3.63, 3.8) is 0 Å². The first-order valence-corrected chi connectivity index (χ1v) is 8.62. The predicted octanol–water partition coefficient (Wildman–Crippen LogP) is 2.26. The lowest BCUT2D eigenvalue weighted by molar-refractivity contribution is 0.270. The molecule has 10 heteroatoms. The van der Waals surface area contributed by atoms with Crippen molar-refractivity contribution in [3.8, 4) is 0 Å². The average molecular weight is 394 g/mol. The van der Waals surface area contributed by atoms with Crippen molar-refractivity contribution in [2.24, 2.45) is 0 Å². The van der Waals surface area contributed by atoms with Crippen molar-refractivity contribution in [2.75, 3.05) is 19.6 Å². The van der Waals surface area contributed by atoms with Crippen LogP contribution < -0.4 is 5.32 Å². The molecule has 3 rings (SSSR count). The van der Waals surface area contributed by atoms with E-state index in [2.05, 4.69) is 10.3 Å². The van der Waals surface area contributed by atoms with Crippen molar-refractivity contribution in [1.82, 2.24) is 14.6 Å². The third-order valence-corrected chi connectivity index (χ3v) is 5.75. The number of benzene rings is 1. The van der Waals surface area contributed by atoms with Gasteiger partial charge < -0.3 is 5.32 Å². The average Bonchev–Trinajstić information content (AvgIpc) is 2.59. The summed E-state index contributed by atoms with van der Waals surface area (Å²) in [4.78, 5) is 3.08. The van der Waals surface area contributed by atoms with Crippen molar-refractivity contribution in [3.05, 3.63) is 59.7 Å². The molecule has 0 amide bonds. The van der Waals surface area contributed by atoms with E-state index in [4.69, 9.17) is 0 Å². The third kappa shape index (κ3) is 3.79. The molecule has 1 aliphatic heterocycles. The fourth-order valence-electron chi connectivity index (χ4n) is 2.66. The summed E-state index contributed by atoms with van der Waals surface area (Å²) in [6.07, 6.45) is 3.06. The van der Waals surface area contributed by atoms with Crippen LogP contribution in [0.2, 0.25) is 0 Å². The fraction of sp³-hybridized carbons (Fsp3) is 0.267. The van der Waals surface area contributed by atoms with Crippen LogP contribution in [0.15, 0.2) is 41.6 Å². The van der Waals surface area contributed by atoms with Gasteiger partial charge in [-0.2, -0.15) is 4.31 Å². The Bertz CT molecular complexity index is 853. The summed E-state index contributed by atoms with van der Waals surface area (Å²) in [6.45, 7) is 0.734. The molecule has 1 atom stereocenters. The summed E-state index contributed by atoms with van der Waals surface area (Å²) in [5.74, 6) is -4.17. The van der Waals surface area contributed by atoms with Gasteiger partial charge in [-0.15, -0.1) is 12.4 Å². The lowest BCUT2D eigenvalue weighted by Gasteiger charge is -2.35. The van der Waals surface area contributed by atoms with E-state index in [0.29, 0.717) is 24.7 Å². The third-order valence-electron chi connectivity index (χ3n) is 3.82. The Morgan fingerprint density at radius 1 is 1.16 bits per heavy atom. The Hall–Kier alpha value is -1.68. The van der Waals surface area contributed by atoms with Gasteiger partial charge >= 0.3 is 0 Å². The van der Waals surface area contributed by atoms with Crippen molar-refractivity contribution in [2.45, 2.75) is 10.9 Å². The molecule has 25 heavy (non-hydrogen) atoms. The number of rotatable bonds is 3. The van der Waals surface area contributed by atoms with Crippen molar-refractivity contribution >= 4 is 22.4 Å². The summed E-state index contributed by atoms with van der Waals surface area (Å²) in [7, 11) is -4.35. The fourth-order valence-corrected chi connectivity index (χ4v) is 4.33. The minimum atomic E-state index is -4.35. The van der Waals surface area contributed by atoms with Gasteiger partial charge in [0.25, 0.3) is 0 Å². The minimum absolute atomic E-state index is 0. The highest BCUT2D eigenvalue weighted by Gasteiger charge is 2.36. The number of nitrogens with zero attached hydrogens (tertiary/aromatic N) is 2. The molecule has 1 saturated heterocycles. The van der Waals surface area contributed by atoms with Crippen LogP contribution in [0.3, 0.4) is 0 Å². The van der Waals surface area contributed by atoms with Crippen LogP contribution in [0.1, 0.15) is 11.6 Å².